The number of halogens is 1. The van der Waals surface area contributed by atoms with E-state index in [9.17, 15) is 19.4 Å². The highest BCUT2D eigenvalue weighted by molar-refractivity contribution is 5.94. The number of nitrogen functional groups attached to an aromatic ring is 1. The molecule has 0 bridgehead atoms. The first-order valence-electron chi connectivity index (χ1n) is 5.07. The van der Waals surface area contributed by atoms with Crippen molar-refractivity contribution in [3.63, 3.8) is 0 Å². The molecule has 0 aliphatic heterocycles. The molecule has 1 aromatic carbocycles. The molecule has 0 heterocycles. The lowest BCUT2D eigenvalue weighted by molar-refractivity contribution is 0.0246. The second-order valence-corrected chi connectivity index (χ2v) is 3.69. The van der Waals surface area contributed by atoms with E-state index in [4.69, 9.17) is 16.4 Å². The third kappa shape index (κ3) is 3.32. The summed E-state index contributed by atoms with van der Waals surface area (Å²) >= 11 is 0. The topological polar surface area (TPSA) is 153 Å². The minimum Gasteiger partial charge on any atom is -0.478 e. The molecule has 0 saturated carbocycles. The fourth-order valence-electron chi connectivity index (χ4n) is 1.49. The zero-order chi connectivity index (χ0) is 14.6. The smallest absolute Gasteiger partial charge is 0.337 e. The van der Waals surface area contributed by atoms with Crippen LogP contribution in [0.4, 0.5) is 10.1 Å². The van der Waals surface area contributed by atoms with Crippen LogP contribution in [0.15, 0.2) is 17.2 Å². The van der Waals surface area contributed by atoms with Gasteiger partial charge in [-0.2, -0.15) is 0 Å². The molecule has 2 unspecified atom stereocenters. The van der Waals surface area contributed by atoms with Gasteiger partial charge in [0.2, 0.25) is 0 Å². The molecule has 1 rings (SSSR count). The van der Waals surface area contributed by atoms with Crippen LogP contribution < -0.4 is 5.73 Å². The van der Waals surface area contributed by atoms with E-state index in [0.29, 0.717) is 6.07 Å². The third-order valence-electron chi connectivity index (χ3n) is 2.42. The minimum atomic E-state index is -1.67. The highest BCUT2D eigenvalue weighted by Gasteiger charge is 2.24. The summed E-state index contributed by atoms with van der Waals surface area (Å²) in [7, 11) is 0. The lowest BCUT2D eigenvalue weighted by Gasteiger charge is -2.19. The van der Waals surface area contributed by atoms with E-state index < -0.39 is 36.1 Å². The predicted molar refractivity (Wildman–Crippen MR) is 62.8 cm³/mol. The van der Waals surface area contributed by atoms with E-state index in [1.165, 1.54) is 0 Å². The quantitative estimate of drug-likeness (QED) is 0.270. The summed E-state index contributed by atoms with van der Waals surface area (Å²) in [6, 6.07) is 1.51. The molecule has 5 N–H and O–H groups in total. The van der Waals surface area contributed by atoms with Crippen LogP contribution in [0, 0.1) is 5.82 Å². The summed E-state index contributed by atoms with van der Waals surface area (Å²) in [6.45, 7) is -0.462. The molecule has 0 fully saturated rings. The van der Waals surface area contributed by atoms with Gasteiger partial charge in [0.1, 0.15) is 11.9 Å². The number of azide groups is 1. The Hall–Kier alpha value is -2.35. The van der Waals surface area contributed by atoms with Gasteiger partial charge in [-0.15, -0.1) is 0 Å². The van der Waals surface area contributed by atoms with Crippen LogP contribution in [0.3, 0.4) is 0 Å². The normalized spacial score (nSPS) is 13.4. The van der Waals surface area contributed by atoms with Crippen LogP contribution in [-0.2, 0) is 0 Å². The number of nitrogens with zero attached hydrogens (tertiary/aromatic N) is 3. The lowest BCUT2D eigenvalue weighted by Crippen LogP contribution is -2.23. The number of hydrogen-bond donors (Lipinski definition) is 4. The number of benzene rings is 1. The SMILES string of the molecule is [N-]=[N+]=NCC(O)C(O)c1cc(F)cc(C(=O)O)c1N. The zero-order valence-electron chi connectivity index (χ0n) is 9.56. The van der Waals surface area contributed by atoms with Crippen molar-refractivity contribution in [2.45, 2.75) is 12.2 Å². The van der Waals surface area contributed by atoms with Crippen LogP contribution in [-0.4, -0.2) is 33.9 Å². The van der Waals surface area contributed by atoms with Crippen molar-refractivity contribution in [2.24, 2.45) is 5.11 Å². The average molecular weight is 270 g/mol. The molecule has 1 aromatic rings. The molecular weight excluding hydrogens is 259 g/mol. The number of aromatic carboxylic acids is 1. The maximum atomic E-state index is 13.3. The van der Waals surface area contributed by atoms with Gasteiger partial charge in [-0.25, -0.2) is 9.18 Å². The van der Waals surface area contributed by atoms with Crippen molar-refractivity contribution in [1.82, 2.24) is 0 Å². The molecular formula is C10H11FN4O4. The zero-order valence-corrected chi connectivity index (χ0v) is 9.56. The molecule has 2 atom stereocenters. The summed E-state index contributed by atoms with van der Waals surface area (Å²) in [5.74, 6) is -2.38. The average Bonchev–Trinajstić information content (AvgIpc) is 2.37. The van der Waals surface area contributed by atoms with Crippen LogP contribution >= 0.6 is 0 Å². The Labute approximate surface area is 106 Å². The molecule has 0 saturated heterocycles. The Morgan fingerprint density at radius 1 is 1.53 bits per heavy atom. The van der Waals surface area contributed by atoms with Gasteiger partial charge < -0.3 is 21.1 Å². The summed E-state index contributed by atoms with van der Waals surface area (Å²) in [5.41, 5.74) is 12.4. The highest BCUT2D eigenvalue weighted by atomic mass is 19.1. The summed E-state index contributed by atoms with van der Waals surface area (Å²) < 4.78 is 13.3. The molecule has 0 spiro atoms. The van der Waals surface area contributed by atoms with Gasteiger partial charge in [0.05, 0.1) is 23.9 Å². The van der Waals surface area contributed by atoms with Gasteiger partial charge in [0, 0.05) is 10.5 Å². The molecule has 8 nitrogen and oxygen atoms in total. The molecule has 0 aromatic heterocycles. The van der Waals surface area contributed by atoms with Gasteiger partial charge >= 0.3 is 5.97 Å². The Balaban J connectivity index is 3.19. The minimum absolute atomic E-state index is 0.280. The first kappa shape index (κ1) is 14.7. The van der Waals surface area contributed by atoms with Crippen molar-refractivity contribution in [1.29, 1.82) is 0 Å². The van der Waals surface area contributed by atoms with Gasteiger partial charge in [-0.3, -0.25) is 0 Å². The number of hydrogen-bond acceptors (Lipinski definition) is 5. The number of rotatable bonds is 5. The Kier molecular flexibility index (Phi) is 4.65. The van der Waals surface area contributed by atoms with E-state index in [1.54, 1.807) is 0 Å². The molecule has 19 heavy (non-hydrogen) atoms. The van der Waals surface area contributed by atoms with Crippen LogP contribution in [0.5, 0.6) is 0 Å². The number of aliphatic hydroxyl groups excluding tert-OH is 2. The first-order chi connectivity index (χ1) is 8.88. The lowest BCUT2D eigenvalue weighted by atomic mass is 9.99. The second-order valence-electron chi connectivity index (χ2n) is 3.69. The van der Waals surface area contributed by atoms with Gasteiger partial charge in [-0.1, -0.05) is 5.11 Å². The van der Waals surface area contributed by atoms with Crippen molar-refractivity contribution >= 4 is 11.7 Å². The van der Waals surface area contributed by atoms with Gasteiger partial charge in [0.25, 0.3) is 0 Å². The summed E-state index contributed by atoms with van der Waals surface area (Å²) in [4.78, 5) is 13.2. The summed E-state index contributed by atoms with van der Waals surface area (Å²) in [6.07, 6.45) is -3.19. The highest BCUT2D eigenvalue weighted by Crippen LogP contribution is 2.28. The molecule has 102 valence electrons. The van der Waals surface area contributed by atoms with E-state index >= 15 is 0 Å². The largest absolute Gasteiger partial charge is 0.478 e. The number of carboxylic acids is 1. The first-order valence-corrected chi connectivity index (χ1v) is 5.07. The number of anilines is 1. The maximum Gasteiger partial charge on any atom is 0.337 e. The fourth-order valence-corrected chi connectivity index (χ4v) is 1.49. The maximum absolute atomic E-state index is 13.3. The van der Waals surface area contributed by atoms with E-state index in [1.807, 2.05) is 0 Å². The second kappa shape index (κ2) is 6.01. The summed E-state index contributed by atoms with van der Waals surface area (Å²) in [5, 5.41) is 31.1. The predicted octanol–water partition coefficient (Wildman–Crippen LogP) is 0.811. The van der Waals surface area contributed by atoms with Gasteiger partial charge in [0.15, 0.2) is 0 Å². The van der Waals surface area contributed by atoms with Crippen molar-refractivity contribution in [2.75, 3.05) is 12.3 Å². The molecule has 9 heteroatoms. The number of nitrogens with two attached hydrogens (primary N) is 1. The number of carbonyl (C=O) groups is 1. The monoisotopic (exact) mass is 270 g/mol. The Morgan fingerprint density at radius 2 is 2.16 bits per heavy atom. The van der Waals surface area contributed by atoms with Crippen LogP contribution in [0.2, 0.25) is 0 Å². The number of carboxylic acid groups (broad SMARTS) is 1. The van der Waals surface area contributed by atoms with Crippen molar-refractivity contribution in [3.05, 3.63) is 39.5 Å². The Bertz CT molecular complexity index is 545. The third-order valence-corrected chi connectivity index (χ3v) is 2.42. The molecule has 0 radical (unpaired) electrons. The number of aliphatic hydroxyl groups is 2. The molecule has 0 aliphatic rings. The van der Waals surface area contributed by atoms with E-state index in [-0.39, 0.29) is 11.3 Å². The van der Waals surface area contributed by atoms with Gasteiger partial charge in [-0.05, 0) is 17.7 Å². The standard InChI is InChI=1S/C10H11FN4O4/c11-4-1-5(8(12)6(2-4)10(18)19)9(17)7(16)3-14-15-13/h1-2,7,9,16-17H,3,12H2,(H,18,19). The van der Waals surface area contributed by atoms with E-state index in [0.717, 1.165) is 6.07 Å². The molecule has 0 amide bonds. The Morgan fingerprint density at radius 3 is 2.68 bits per heavy atom. The van der Waals surface area contributed by atoms with Crippen molar-refractivity contribution in [3.8, 4) is 0 Å². The van der Waals surface area contributed by atoms with Crippen molar-refractivity contribution < 1.29 is 24.5 Å². The van der Waals surface area contributed by atoms with Crippen LogP contribution in [0.25, 0.3) is 10.4 Å². The van der Waals surface area contributed by atoms with Crippen LogP contribution in [0.1, 0.15) is 22.0 Å². The fraction of sp³-hybridized carbons (Fsp3) is 0.300. The molecule has 0 aliphatic carbocycles. The van der Waals surface area contributed by atoms with E-state index in [2.05, 4.69) is 10.0 Å².